The van der Waals surface area contributed by atoms with Crippen LogP contribution in [0.2, 0.25) is 0 Å². The van der Waals surface area contributed by atoms with Gasteiger partial charge in [0.1, 0.15) is 0 Å². The molecule has 3 rings (SSSR count). The minimum atomic E-state index is 0.689. The third kappa shape index (κ3) is 1.15. The number of nitrogens with zero attached hydrogens (tertiary/aromatic N) is 1. The molecule has 2 unspecified atom stereocenters. The Bertz CT molecular complexity index is 206. The smallest absolute Gasteiger partial charge is 0.00342 e. The molecule has 3 fully saturated rings. The summed E-state index contributed by atoms with van der Waals surface area (Å²) in [5.74, 6) is 3.02. The van der Waals surface area contributed by atoms with Crippen LogP contribution in [-0.4, -0.2) is 37.6 Å². The molecule has 1 N–H and O–H groups in total. The zero-order valence-electron chi connectivity index (χ0n) is 8.71. The van der Waals surface area contributed by atoms with Crippen molar-refractivity contribution in [1.82, 2.24) is 10.2 Å². The molecule has 0 spiro atoms. The van der Waals surface area contributed by atoms with Crippen LogP contribution in [0.5, 0.6) is 0 Å². The molecule has 0 bridgehead atoms. The average molecular weight is 180 g/mol. The van der Waals surface area contributed by atoms with E-state index in [-0.39, 0.29) is 0 Å². The van der Waals surface area contributed by atoms with Crippen molar-refractivity contribution in [2.24, 2.45) is 23.2 Å². The molecule has 2 heterocycles. The van der Waals surface area contributed by atoms with Gasteiger partial charge in [-0.25, -0.2) is 0 Å². The lowest BCUT2D eigenvalue weighted by atomic mass is 10.0. The molecule has 0 amide bonds. The first-order valence-corrected chi connectivity index (χ1v) is 5.61. The molecule has 2 nitrogen and oxygen atoms in total. The Labute approximate surface area is 80.7 Å². The Balaban J connectivity index is 1.50. The van der Waals surface area contributed by atoms with E-state index in [9.17, 15) is 0 Å². The van der Waals surface area contributed by atoms with Crippen LogP contribution >= 0.6 is 0 Å². The summed E-state index contributed by atoms with van der Waals surface area (Å²) < 4.78 is 0. The molecule has 2 saturated heterocycles. The van der Waals surface area contributed by atoms with Crippen LogP contribution in [-0.2, 0) is 0 Å². The van der Waals surface area contributed by atoms with Gasteiger partial charge in [-0.3, -0.25) is 0 Å². The van der Waals surface area contributed by atoms with Crippen LogP contribution in [0.1, 0.15) is 13.8 Å². The Kier molecular flexibility index (Phi) is 1.58. The van der Waals surface area contributed by atoms with Gasteiger partial charge in [0.05, 0.1) is 0 Å². The van der Waals surface area contributed by atoms with Gasteiger partial charge in [-0.1, -0.05) is 13.8 Å². The summed E-state index contributed by atoms with van der Waals surface area (Å²) in [4.78, 5) is 2.69. The summed E-state index contributed by atoms with van der Waals surface area (Å²) in [6, 6.07) is 0. The van der Waals surface area contributed by atoms with Crippen LogP contribution in [0.4, 0.5) is 0 Å². The molecule has 13 heavy (non-hydrogen) atoms. The zero-order chi connectivity index (χ0) is 9.05. The number of piperidine rings is 1. The van der Waals surface area contributed by atoms with Crippen LogP contribution in [0.15, 0.2) is 0 Å². The third-order valence-electron chi connectivity index (χ3n) is 4.58. The molecule has 1 saturated carbocycles. The van der Waals surface area contributed by atoms with Crippen LogP contribution < -0.4 is 5.32 Å². The Morgan fingerprint density at radius 2 is 1.85 bits per heavy atom. The van der Waals surface area contributed by atoms with Gasteiger partial charge < -0.3 is 10.2 Å². The maximum atomic E-state index is 3.35. The van der Waals surface area contributed by atoms with Crippen molar-refractivity contribution in [2.45, 2.75) is 13.8 Å². The monoisotopic (exact) mass is 180 g/mol. The number of fused-ring (bicyclic) bond motifs is 1. The Morgan fingerprint density at radius 1 is 1.23 bits per heavy atom. The molecule has 2 aliphatic heterocycles. The summed E-state index contributed by atoms with van der Waals surface area (Å²) in [6.45, 7) is 11.5. The van der Waals surface area contributed by atoms with E-state index in [1.54, 1.807) is 0 Å². The molecule has 0 aromatic rings. The standard InChI is InChI=1S/C11H20N2/c1-11(2)9-6-13(7-10(9)11)5-8-3-12-4-8/h8-10,12H,3-7H2,1-2H3. The fourth-order valence-corrected chi connectivity index (χ4v) is 3.21. The van der Waals surface area contributed by atoms with Crippen molar-refractivity contribution in [3.05, 3.63) is 0 Å². The van der Waals surface area contributed by atoms with E-state index in [0.717, 1.165) is 17.8 Å². The van der Waals surface area contributed by atoms with Gasteiger partial charge in [0, 0.05) is 32.7 Å². The van der Waals surface area contributed by atoms with Crippen molar-refractivity contribution in [1.29, 1.82) is 0 Å². The lowest BCUT2D eigenvalue weighted by Gasteiger charge is -2.32. The van der Waals surface area contributed by atoms with Crippen LogP contribution in [0, 0.1) is 23.2 Å². The highest BCUT2D eigenvalue weighted by Gasteiger charge is 2.61. The summed E-state index contributed by atoms with van der Waals surface area (Å²) >= 11 is 0. The van der Waals surface area contributed by atoms with E-state index in [1.807, 2.05) is 0 Å². The minimum absolute atomic E-state index is 0.689. The van der Waals surface area contributed by atoms with Gasteiger partial charge >= 0.3 is 0 Å². The number of rotatable bonds is 2. The first-order chi connectivity index (χ1) is 6.18. The zero-order valence-corrected chi connectivity index (χ0v) is 8.71. The molecule has 0 aromatic heterocycles. The number of nitrogens with one attached hydrogen (secondary N) is 1. The van der Waals surface area contributed by atoms with E-state index in [4.69, 9.17) is 0 Å². The molecule has 0 aromatic carbocycles. The van der Waals surface area contributed by atoms with E-state index in [0.29, 0.717) is 5.41 Å². The van der Waals surface area contributed by atoms with E-state index in [1.165, 1.54) is 32.7 Å². The second-order valence-corrected chi connectivity index (χ2v) is 5.78. The first kappa shape index (κ1) is 8.25. The van der Waals surface area contributed by atoms with Gasteiger partial charge in [-0.05, 0) is 23.2 Å². The number of hydrogen-bond donors (Lipinski definition) is 1. The number of hydrogen-bond acceptors (Lipinski definition) is 2. The molecule has 74 valence electrons. The quantitative estimate of drug-likeness (QED) is 0.676. The lowest BCUT2D eigenvalue weighted by molar-refractivity contribution is 0.189. The summed E-state index contributed by atoms with van der Waals surface area (Å²) in [6.07, 6.45) is 0. The SMILES string of the molecule is CC1(C)C2CN(CC3CNC3)CC21. The van der Waals surface area contributed by atoms with Crippen LogP contribution in [0.3, 0.4) is 0 Å². The molecule has 2 heteroatoms. The van der Waals surface area contributed by atoms with Gasteiger partial charge in [0.25, 0.3) is 0 Å². The molecule has 1 aliphatic carbocycles. The second-order valence-electron chi connectivity index (χ2n) is 5.78. The van der Waals surface area contributed by atoms with Crippen molar-refractivity contribution < 1.29 is 0 Å². The van der Waals surface area contributed by atoms with E-state index < -0.39 is 0 Å². The molecular weight excluding hydrogens is 160 g/mol. The van der Waals surface area contributed by atoms with Crippen LogP contribution in [0.25, 0.3) is 0 Å². The van der Waals surface area contributed by atoms with Crippen molar-refractivity contribution in [3.63, 3.8) is 0 Å². The predicted octanol–water partition coefficient (Wildman–Crippen LogP) is 0.794. The molecular formula is C11H20N2. The van der Waals surface area contributed by atoms with Crippen molar-refractivity contribution in [3.8, 4) is 0 Å². The van der Waals surface area contributed by atoms with Gasteiger partial charge in [0.15, 0.2) is 0 Å². The first-order valence-electron chi connectivity index (χ1n) is 5.61. The molecule has 3 aliphatic rings. The van der Waals surface area contributed by atoms with Crippen molar-refractivity contribution >= 4 is 0 Å². The molecule has 2 atom stereocenters. The highest BCUT2D eigenvalue weighted by molar-refractivity contribution is 5.11. The summed E-state index contributed by atoms with van der Waals surface area (Å²) in [5, 5.41) is 3.35. The van der Waals surface area contributed by atoms with Crippen molar-refractivity contribution in [2.75, 3.05) is 32.7 Å². The maximum absolute atomic E-state index is 3.35. The van der Waals surface area contributed by atoms with E-state index in [2.05, 4.69) is 24.1 Å². The largest absolute Gasteiger partial charge is 0.316 e. The lowest BCUT2D eigenvalue weighted by Crippen LogP contribution is -2.48. The summed E-state index contributed by atoms with van der Waals surface area (Å²) in [7, 11) is 0. The third-order valence-corrected chi connectivity index (χ3v) is 4.58. The summed E-state index contributed by atoms with van der Waals surface area (Å²) in [5.41, 5.74) is 0.689. The fraction of sp³-hybridized carbons (Fsp3) is 1.00. The van der Waals surface area contributed by atoms with E-state index >= 15 is 0 Å². The molecule has 0 radical (unpaired) electrons. The second kappa shape index (κ2) is 2.48. The highest BCUT2D eigenvalue weighted by atomic mass is 15.2. The Morgan fingerprint density at radius 3 is 2.31 bits per heavy atom. The van der Waals surface area contributed by atoms with Gasteiger partial charge in [0.2, 0.25) is 0 Å². The van der Waals surface area contributed by atoms with Gasteiger partial charge in [-0.15, -0.1) is 0 Å². The predicted molar refractivity (Wildman–Crippen MR) is 53.6 cm³/mol. The Hall–Kier alpha value is -0.0800. The van der Waals surface area contributed by atoms with Gasteiger partial charge in [-0.2, -0.15) is 0 Å². The fourth-order valence-electron chi connectivity index (χ4n) is 3.21. The normalized spacial score (nSPS) is 42.9. The minimum Gasteiger partial charge on any atom is -0.316 e. The topological polar surface area (TPSA) is 15.3 Å². The maximum Gasteiger partial charge on any atom is 0.00342 e. The number of likely N-dealkylation sites (tertiary alicyclic amines) is 1. The highest BCUT2D eigenvalue weighted by Crippen LogP contribution is 2.61. The average Bonchev–Trinajstić information content (AvgIpc) is 2.49.